The van der Waals surface area contributed by atoms with Crippen LogP contribution in [-0.2, 0) is 0 Å². The number of rotatable bonds is 1. The van der Waals surface area contributed by atoms with E-state index in [2.05, 4.69) is 32.9 Å². The van der Waals surface area contributed by atoms with Gasteiger partial charge in [-0.05, 0) is 0 Å². The van der Waals surface area contributed by atoms with E-state index in [1.807, 2.05) is 0 Å². The zero-order chi connectivity index (χ0) is 8.43. The molecule has 0 aliphatic heterocycles. The summed E-state index contributed by atoms with van der Waals surface area (Å²) in [4.78, 5) is 0. The second-order valence-electron chi connectivity index (χ2n) is 2.80. The van der Waals surface area contributed by atoms with E-state index < -0.39 is 0 Å². The van der Waals surface area contributed by atoms with Crippen molar-refractivity contribution in [2.45, 2.75) is 20.8 Å². The maximum absolute atomic E-state index is 5.85. The topological polar surface area (TPSA) is 0 Å². The van der Waals surface area contributed by atoms with Crippen molar-refractivity contribution in [1.82, 2.24) is 0 Å². The molecule has 0 radical (unpaired) electrons. The van der Waals surface area contributed by atoms with Gasteiger partial charge in [0.05, 0.1) is 0 Å². The molecule has 0 heterocycles. The second kappa shape index (κ2) is 3.62. The van der Waals surface area contributed by atoms with Crippen molar-refractivity contribution in [2.75, 3.05) is 0 Å². The molecule has 0 bridgehead atoms. The van der Waals surface area contributed by atoms with Crippen LogP contribution in [0.15, 0.2) is 12.1 Å². The van der Waals surface area contributed by atoms with E-state index in [-0.39, 0.29) is 14.0 Å². The van der Waals surface area contributed by atoms with Gasteiger partial charge in [0.2, 0.25) is 0 Å². The van der Waals surface area contributed by atoms with E-state index in [4.69, 9.17) is 10.1 Å². The summed E-state index contributed by atoms with van der Waals surface area (Å²) >= 11 is 0.113. The number of benzene rings is 1. The van der Waals surface area contributed by atoms with Crippen molar-refractivity contribution < 1.29 is 0 Å². The molecule has 1 aromatic carbocycles. The average Bonchev–Trinajstić information content (AvgIpc) is 1.85. The molecular formula is C9H11ClSe. The summed E-state index contributed by atoms with van der Waals surface area (Å²) in [5.41, 5.74) is 3.99. The fraction of sp³-hybridized carbons (Fsp3) is 0.333. The summed E-state index contributed by atoms with van der Waals surface area (Å²) in [6, 6.07) is 4.37. The van der Waals surface area contributed by atoms with Crippen molar-refractivity contribution in [1.29, 1.82) is 0 Å². The third-order valence-electron chi connectivity index (χ3n) is 1.68. The molecule has 11 heavy (non-hydrogen) atoms. The molecule has 1 aromatic rings. The Morgan fingerprint density at radius 2 is 1.55 bits per heavy atom. The normalized spacial score (nSPS) is 10.2. The van der Waals surface area contributed by atoms with Gasteiger partial charge in [0.25, 0.3) is 0 Å². The van der Waals surface area contributed by atoms with E-state index in [0.29, 0.717) is 0 Å². The molecule has 0 fully saturated rings. The monoisotopic (exact) mass is 234 g/mol. The number of aryl methyl sites for hydroxylation is 3. The number of hydrogen-bond acceptors (Lipinski definition) is 0. The standard InChI is InChI=1S/C9H11ClSe/c1-6-4-7(2)9(11-10)8(3)5-6/h4-5H,1-3H3. The summed E-state index contributed by atoms with van der Waals surface area (Å²) in [7, 11) is 5.85. The van der Waals surface area contributed by atoms with Crippen molar-refractivity contribution in [3.63, 3.8) is 0 Å². The second-order valence-corrected chi connectivity index (χ2v) is 4.79. The van der Waals surface area contributed by atoms with Gasteiger partial charge in [0, 0.05) is 0 Å². The number of hydrogen-bond donors (Lipinski definition) is 0. The van der Waals surface area contributed by atoms with Crippen LogP contribution in [0.1, 0.15) is 16.7 Å². The zero-order valence-corrected chi connectivity index (χ0v) is 9.41. The van der Waals surface area contributed by atoms with Crippen LogP contribution in [0.4, 0.5) is 0 Å². The molecule has 2 heteroatoms. The molecule has 0 N–H and O–H groups in total. The SMILES string of the molecule is Cc1cc(C)c([Se]Cl)c(C)c1. The predicted octanol–water partition coefficient (Wildman–Crippen LogP) is 2.10. The zero-order valence-electron chi connectivity index (χ0n) is 6.94. The minimum absolute atomic E-state index is 0.113. The molecule has 0 aliphatic carbocycles. The molecule has 0 saturated heterocycles. The summed E-state index contributed by atoms with van der Waals surface area (Å²) in [5, 5.41) is 0. The first-order valence-corrected chi connectivity index (χ1v) is 6.62. The van der Waals surface area contributed by atoms with Crippen LogP contribution in [0.5, 0.6) is 0 Å². The van der Waals surface area contributed by atoms with Gasteiger partial charge in [-0.25, -0.2) is 0 Å². The van der Waals surface area contributed by atoms with Crippen LogP contribution in [0, 0.1) is 20.8 Å². The first kappa shape index (κ1) is 9.12. The van der Waals surface area contributed by atoms with Gasteiger partial charge >= 0.3 is 78.2 Å². The molecule has 0 aliphatic rings. The van der Waals surface area contributed by atoms with Gasteiger partial charge in [-0.15, -0.1) is 0 Å². The average molecular weight is 234 g/mol. The van der Waals surface area contributed by atoms with E-state index in [9.17, 15) is 0 Å². The van der Waals surface area contributed by atoms with Crippen LogP contribution >= 0.6 is 10.1 Å². The quantitative estimate of drug-likeness (QED) is 0.652. The Labute approximate surface area is 78.3 Å². The molecule has 0 saturated carbocycles. The molecule has 0 unspecified atom stereocenters. The summed E-state index contributed by atoms with van der Waals surface area (Å²) in [6.07, 6.45) is 0. The molecule has 0 spiro atoms. The Kier molecular flexibility index (Phi) is 3.00. The summed E-state index contributed by atoms with van der Waals surface area (Å²) in [5.74, 6) is 0. The molecule has 0 nitrogen and oxygen atoms in total. The molecule has 0 atom stereocenters. The van der Waals surface area contributed by atoms with Gasteiger partial charge in [-0.1, -0.05) is 0 Å². The molecule has 60 valence electrons. The molecule has 1 rings (SSSR count). The van der Waals surface area contributed by atoms with Crippen molar-refractivity contribution >= 4 is 28.6 Å². The van der Waals surface area contributed by atoms with Gasteiger partial charge < -0.3 is 0 Å². The predicted molar refractivity (Wildman–Crippen MR) is 51.9 cm³/mol. The first-order valence-electron chi connectivity index (χ1n) is 3.51. The van der Waals surface area contributed by atoms with Gasteiger partial charge in [0.15, 0.2) is 0 Å². The Balaban J connectivity index is 3.25. The summed E-state index contributed by atoms with van der Waals surface area (Å²) in [6.45, 7) is 6.37. The van der Waals surface area contributed by atoms with Gasteiger partial charge in [-0.2, -0.15) is 0 Å². The Bertz CT molecular complexity index is 245. The first-order chi connectivity index (χ1) is 5.15. The van der Waals surface area contributed by atoms with Crippen molar-refractivity contribution in [2.24, 2.45) is 0 Å². The van der Waals surface area contributed by atoms with E-state index >= 15 is 0 Å². The van der Waals surface area contributed by atoms with Crippen LogP contribution < -0.4 is 4.46 Å². The molecule has 0 aromatic heterocycles. The van der Waals surface area contributed by atoms with E-state index in [1.165, 1.54) is 21.2 Å². The Morgan fingerprint density at radius 3 is 1.91 bits per heavy atom. The molecule has 0 amide bonds. The fourth-order valence-electron chi connectivity index (χ4n) is 1.29. The summed E-state index contributed by atoms with van der Waals surface area (Å²) < 4.78 is 1.34. The van der Waals surface area contributed by atoms with Crippen LogP contribution in [0.2, 0.25) is 0 Å². The third kappa shape index (κ3) is 1.99. The van der Waals surface area contributed by atoms with Gasteiger partial charge in [-0.3, -0.25) is 0 Å². The minimum atomic E-state index is 0.113. The van der Waals surface area contributed by atoms with Crippen LogP contribution in [-0.4, -0.2) is 14.0 Å². The Hall–Kier alpha value is 0.0295. The van der Waals surface area contributed by atoms with Crippen LogP contribution in [0.3, 0.4) is 0 Å². The van der Waals surface area contributed by atoms with E-state index in [0.717, 1.165) is 0 Å². The Morgan fingerprint density at radius 1 is 1.09 bits per heavy atom. The van der Waals surface area contributed by atoms with Crippen molar-refractivity contribution in [3.05, 3.63) is 28.8 Å². The molecular weight excluding hydrogens is 223 g/mol. The van der Waals surface area contributed by atoms with Crippen LogP contribution in [0.25, 0.3) is 0 Å². The fourth-order valence-corrected chi connectivity index (χ4v) is 3.31. The van der Waals surface area contributed by atoms with Gasteiger partial charge in [0.1, 0.15) is 0 Å². The number of halogens is 1. The third-order valence-corrected chi connectivity index (χ3v) is 4.16. The van der Waals surface area contributed by atoms with Crippen molar-refractivity contribution in [3.8, 4) is 0 Å². The maximum atomic E-state index is 5.85. The van der Waals surface area contributed by atoms with E-state index in [1.54, 1.807) is 0 Å².